The summed E-state index contributed by atoms with van der Waals surface area (Å²) in [4.78, 5) is 3.58. The van der Waals surface area contributed by atoms with E-state index in [9.17, 15) is 0 Å². The number of methoxy groups -OCH3 is 1. The predicted octanol–water partition coefficient (Wildman–Crippen LogP) is 3.67. The molecule has 0 fully saturated rings. The van der Waals surface area contributed by atoms with E-state index in [1.54, 1.807) is 0 Å². The van der Waals surface area contributed by atoms with Crippen LogP contribution in [0.1, 0.15) is 42.3 Å². The van der Waals surface area contributed by atoms with Gasteiger partial charge in [-0.3, -0.25) is 0 Å². The van der Waals surface area contributed by atoms with Gasteiger partial charge < -0.3 is 9.72 Å². The van der Waals surface area contributed by atoms with E-state index < -0.39 is 0 Å². The van der Waals surface area contributed by atoms with Gasteiger partial charge in [0, 0.05) is 24.9 Å². The Morgan fingerprint density at radius 1 is 1.50 bits per heavy atom. The highest BCUT2D eigenvalue weighted by Crippen LogP contribution is 2.29. The molecule has 2 heteroatoms. The summed E-state index contributed by atoms with van der Waals surface area (Å²) >= 11 is 0. The third kappa shape index (κ3) is 2.59. The summed E-state index contributed by atoms with van der Waals surface area (Å²) in [6, 6.07) is 0. The molecule has 0 aromatic carbocycles. The molecule has 0 saturated heterocycles. The van der Waals surface area contributed by atoms with Gasteiger partial charge in [-0.2, -0.15) is 0 Å². The van der Waals surface area contributed by atoms with E-state index in [4.69, 9.17) is 4.74 Å². The lowest BCUT2D eigenvalue weighted by atomic mass is 9.91. The summed E-state index contributed by atoms with van der Waals surface area (Å²) in [6.45, 7) is 6.04. The molecule has 0 saturated carbocycles. The standard InChI is InChI=1S/C16H23NO/c1-4-6-8-15-13(7-5-2)14-11-12(18-3)9-10-16(14)17-15/h5-6,8,12,17H,2,4,7,9-11H2,1,3H3/b8-6-. The average Bonchev–Trinajstić information content (AvgIpc) is 2.74. The Labute approximate surface area is 110 Å². The first kappa shape index (κ1) is 13.2. The quantitative estimate of drug-likeness (QED) is 0.787. The van der Waals surface area contributed by atoms with E-state index in [-0.39, 0.29) is 0 Å². The molecule has 1 aromatic rings. The summed E-state index contributed by atoms with van der Waals surface area (Å²) in [6.07, 6.45) is 12.0. The maximum atomic E-state index is 5.51. The monoisotopic (exact) mass is 245 g/mol. The normalized spacial score (nSPS) is 19.1. The van der Waals surface area contributed by atoms with Crippen molar-refractivity contribution >= 4 is 6.08 Å². The lowest BCUT2D eigenvalue weighted by Crippen LogP contribution is -2.21. The average molecular weight is 245 g/mol. The third-order valence-corrected chi connectivity index (χ3v) is 3.69. The minimum absolute atomic E-state index is 0.375. The summed E-state index contributed by atoms with van der Waals surface area (Å²) in [5.74, 6) is 0. The molecule has 1 N–H and O–H groups in total. The number of aromatic amines is 1. The fraction of sp³-hybridized carbons (Fsp3) is 0.500. The molecule has 0 spiro atoms. The van der Waals surface area contributed by atoms with E-state index >= 15 is 0 Å². The fourth-order valence-corrected chi connectivity index (χ4v) is 2.71. The number of aryl methyl sites for hydroxylation is 1. The van der Waals surface area contributed by atoms with E-state index in [0.29, 0.717) is 6.10 Å². The largest absolute Gasteiger partial charge is 0.381 e. The van der Waals surface area contributed by atoms with Crippen molar-refractivity contribution in [2.75, 3.05) is 7.11 Å². The van der Waals surface area contributed by atoms with Crippen LogP contribution in [-0.4, -0.2) is 18.2 Å². The Balaban J connectivity index is 2.35. The number of rotatable bonds is 5. The van der Waals surface area contributed by atoms with Crippen LogP contribution in [0, 0.1) is 0 Å². The van der Waals surface area contributed by atoms with Crippen LogP contribution >= 0.6 is 0 Å². The lowest BCUT2D eigenvalue weighted by Gasteiger charge is -2.21. The smallest absolute Gasteiger partial charge is 0.0616 e. The van der Waals surface area contributed by atoms with Gasteiger partial charge in [0.1, 0.15) is 0 Å². The first-order valence-corrected chi connectivity index (χ1v) is 6.82. The van der Waals surface area contributed by atoms with Gasteiger partial charge in [-0.1, -0.05) is 19.1 Å². The number of allylic oxidation sites excluding steroid dienone is 2. The van der Waals surface area contributed by atoms with Crippen LogP contribution in [0.2, 0.25) is 0 Å². The second-order valence-electron chi connectivity index (χ2n) is 4.88. The van der Waals surface area contributed by atoms with Crippen LogP contribution < -0.4 is 0 Å². The minimum atomic E-state index is 0.375. The first-order valence-electron chi connectivity index (χ1n) is 6.82. The number of hydrogen-bond acceptors (Lipinski definition) is 1. The molecule has 0 bridgehead atoms. The van der Waals surface area contributed by atoms with Gasteiger partial charge in [0.15, 0.2) is 0 Å². The number of aromatic nitrogens is 1. The van der Waals surface area contributed by atoms with Crippen molar-refractivity contribution in [2.45, 2.75) is 45.1 Å². The topological polar surface area (TPSA) is 25.0 Å². The number of ether oxygens (including phenoxy) is 1. The number of nitrogens with one attached hydrogen (secondary N) is 1. The van der Waals surface area contributed by atoms with Crippen molar-refractivity contribution in [3.05, 3.63) is 41.2 Å². The van der Waals surface area contributed by atoms with Crippen molar-refractivity contribution in [2.24, 2.45) is 0 Å². The highest BCUT2D eigenvalue weighted by molar-refractivity contribution is 5.56. The SMILES string of the molecule is C=CCc1c(/C=C\CC)[nH]c2c1CC(OC)CC2. The third-order valence-electron chi connectivity index (χ3n) is 3.69. The van der Waals surface area contributed by atoms with E-state index in [1.165, 1.54) is 22.5 Å². The van der Waals surface area contributed by atoms with Crippen LogP contribution in [0.25, 0.3) is 6.08 Å². The van der Waals surface area contributed by atoms with Gasteiger partial charge in [-0.05, 0) is 42.9 Å². The Morgan fingerprint density at radius 2 is 2.33 bits per heavy atom. The van der Waals surface area contributed by atoms with E-state index in [2.05, 4.69) is 30.6 Å². The lowest BCUT2D eigenvalue weighted by molar-refractivity contribution is 0.0907. The zero-order chi connectivity index (χ0) is 13.0. The number of fused-ring (bicyclic) bond motifs is 1. The molecule has 98 valence electrons. The molecule has 1 heterocycles. The molecule has 0 aliphatic heterocycles. The van der Waals surface area contributed by atoms with Gasteiger partial charge in [0.25, 0.3) is 0 Å². The number of hydrogen-bond donors (Lipinski definition) is 1. The molecule has 0 radical (unpaired) electrons. The Kier molecular flexibility index (Phi) is 4.43. The van der Waals surface area contributed by atoms with E-state index in [0.717, 1.165) is 32.1 Å². The van der Waals surface area contributed by atoms with Crippen molar-refractivity contribution in [3.8, 4) is 0 Å². The van der Waals surface area contributed by atoms with Gasteiger partial charge in [0.2, 0.25) is 0 Å². The van der Waals surface area contributed by atoms with Crippen molar-refractivity contribution < 1.29 is 4.74 Å². The number of H-pyrrole nitrogens is 1. The molecule has 2 rings (SSSR count). The van der Waals surface area contributed by atoms with Crippen LogP contribution in [0.4, 0.5) is 0 Å². The Hall–Kier alpha value is -1.28. The molecule has 1 aliphatic carbocycles. The fourth-order valence-electron chi connectivity index (χ4n) is 2.71. The molecule has 0 amide bonds. The summed E-state index contributed by atoms with van der Waals surface area (Å²) in [5, 5.41) is 0. The van der Waals surface area contributed by atoms with Gasteiger partial charge in [-0.15, -0.1) is 6.58 Å². The van der Waals surface area contributed by atoms with Gasteiger partial charge in [-0.25, -0.2) is 0 Å². The minimum Gasteiger partial charge on any atom is -0.381 e. The van der Waals surface area contributed by atoms with Crippen molar-refractivity contribution in [1.82, 2.24) is 4.98 Å². The van der Waals surface area contributed by atoms with Crippen LogP contribution in [-0.2, 0) is 24.0 Å². The maximum Gasteiger partial charge on any atom is 0.0616 e. The molecule has 1 aromatic heterocycles. The second kappa shape index (κ2) is 6.05. The molecule has 1 atom stereocenters. The Morgan fingerprint density at radius 3 is 3.00 bits per heavy atom. The summed E-state index contributed by atoms with van der Waals surface area (Å²) < 4.78 is 5.51. The zero-order valence-corrected chi connectivity index (χ0v) is 11.5. The van der Waals surface area contributed by atoms with Gasteiger partial charge in [0.05, 0.1) is 6.10 Å². The van der Waals surface area contributed by atoms with Crippen molar-refractivity contribution in [3.63, 3.8) is 0 Å². The first-order chi connectivity index (χ1) is 8.80. The highest BCUT2D eigenvalue weighted by Gasteiger charge is 2.23. The molecule has 18 heavy (non-hydrogen) atoms. The molecule has 1 unspecified atom stereocenters. The maximum absolute atomic E-state index is 5.51. The van der Waals surface area contributed by atoms with E-state index in [1.807, 2.05) is 13.2 Å². The summed E-state index contributed by atoms with van der Waals surface area (Å²) in [5.41, 5.74) is 5.53. The highest BCUT2D eigenvalue weighted by atomic mass is 16.5. The van der Waals surface area contributed by atoms with Crippen molar-refractivity contribution in [1.29, 1.82) is 0 Å². The summed E-state index contributed by atoms with van der Waals surface area (Å²) in [7, 11) is 1.81. The molecular weight excluding hydrogens is 222 g/mol. The molecular formula is C16H23NO. The van der Waals surface area contributed by atoms with Crippen LogP contribution in [0.15, 0.2) is 18.7 Å². The second-order valence-corrected chi connectivity index (χ2v) is 4.88. The predicted molar refractivity (Wildman–Crippen MR) is 76.8 cm³/mol. The molecule has 1 aliphatic rings. The zero-order valence-electron chi connectivity index (χ0n) is 11.5. The van der Waals surface area contributed by atoms with Crippen LogP contribution in [0.3, 0.4) is 0 Å². The molecule has 2 nitrogen and oxygen atoms in total. The van der Waals surface area contributed by atoms with Crippen LogP contribution in [0.5, 0.6) is 0 Å². The van der Waals surface area contributed by atoms with Gasteiger partial charge >= 0.3 is 0 Å². The Bertz CT molecular complexity index is 442.